The van der Waals surface area contributed by atoms with E-state index in [2.05, 4.69) is 6.07 Å². The van der Waals surface area contributed by atoms with E-state index in [1.54, 1.807) is 54.9 Å². The Morgan fingerprint density at radius 1 is 1.22 bits per heavy atom. The monoisotopic (exact) mass is 437 g/mol. The Labute approximate surface area is 182 Å². The van der Waals surface area contributed by atoms with Gasteiger partial charge in [0, 0.05) is 23.7 Å². The molecule has 0 fully saturated rings. The van der Waals surface area contributed by atoms with Crippen LogP contribution in [0.1, 0.15) is 34.7 Å². The zero-order valence-electron chi connectivity index (χ0n) is 17.3. The van der Waals surface area contributed by atoms with Crippen molar-refractivity contribution in [3.05, 3.63) is 76.0 Å². The van der Waals surface area contributed by atoms with Crippen molar-refractivity contribution >= 4 is 22.9 Å². The fourth-order valence-corrected chi connectivity index (χ4v) is 3.53. The maximum atomic E-state index is 13.2. The maximum absolute atomic E-state index is 13.2. The molecule has 0 amide bonds. The van der Waals surface area contributed by atoms with Crippen LogP contribution in [0.4, 0.5) is 13.2 Å². The van der Waals surface area contributed by atoms with Gasteiger partial charge in [-0.3, -0.25) is 0 Å². The fourth-order valence-electron chi connectivity index (χ4n) is 3.53. The second-order valence-electron chi connectivity index (χ2n) is 7.12. The van der Waals surface area contributed by atoms with Gasteiger partial charge in [-0.05, 0) is 49.8 Å². The highest BCUT2D eigenvalue weighted by molar-refractivity contribution is 6.02. The maximum Gasteiger partial charge on any atom is 0.416 e. The van der Waals surface area contributed by atoms with E-state index in [0.29, 0.717) is 33.2 Å². The smallest absolute Gasteiger partial charge is 0.416 e. The highest BCUT2D eigenvalue weighted by atomic mass is 19.4. The molecule has 0 radical (unpaired) electrons. The summed E-state index contributed by atoms with van der Waals surface area (Å²) >= 11 is 0. The van der Waals surface area contributed by atoms with Crippen molar-refractivity contribution in [3.8, 4) is 12.1 Å². The lowest BCUT2D eigenvalue weighted by Crippen LogP contribution is -2.07. The summed E-state index contributed by atoms with van der Waals surface area (Å²) in [6.07, 6.45) is -1.53. The van der Waals surface area contributed by atoms with Crippen molar-refractivity contribution in [2.24, 2.45) is 0 Å². The van der Waals surface area contributed by atoms with Crippen LogP contribution in [-0.4, -0.2) is 17.1 Å². The molecule has 0 aliphatic rings. The van der Waals surface area contributed by atoms with Crippen LogP contribution < -0.4 is 0 Å². The average Bonchev–Trinajstić information content (AvgIpc) is 3.08. The molecule has 0 aliphatic heterocycles. The van der Waals surface area contributed by atoms with Gasteiger partial charge in [0.2, 0.25) is 0 Å². The highest BCUT2D eigenvalue weighted by Crippen LogP contribution is 2.32. The van der Waals surface area contributed by atoms with E-state index in [4.69, 9.17) is 4.74 Å². The number of aromatic nitrogens is 1. The standard InChI is InChI=1S/C24H18F3N3O2/c1-3-32-23(31)18(12-29)10-19-14-30(21-6-4-5-17(11-28)22(19)21)13-16-7-15(2)8-20(9-16)24(25,26)27/h4-10,14H,3,13H2,1-2H3/b18-10+. The molecule has 0 saturated carbocycles. The fraction of sp³-hybridized carbons (Fsp3) is 0.208. The molecule has 8 heteroatoms. The minimum absolute atomic E-state index is 0.0952. The molecular weight excluding hydrogens is 419 g/mol. The molecule has 162 valence electrons. The Hall–Kier alpha value is -4.04. The van der Waals surface area contributed by atoms with E-state index in [0.717, 1.165) is 12.1 Å². The van der Waals surface area contributed by atoms with Crippen LogP contribution >= 0.6 is 0 Å². The number of nitriles is 2. The van der Waals surface area contributed by atoms with Gasteiger partial charge in [-0.15, -0.1) is 0 Å². The largest absolute Gasteiger partial charge is 0.462 e. The number of halogens is 3. The van der Waals surface area contributed by atoms with Gasteiger partial charge in [0.25, 0.3) is 0 Å². The molecule has 0 aliphatic carbocycles. The number of rotatable bonds is 5. The number of nitrogens with zero attached hydrogens (tertiary/aromatic N) is 3. The number of ether oxygens (including phenoxy) is 1. The summed E-state index contributed by atoms with van der Waals surface area (Å²) in [5, 5.41) is 19.4. The average molecular weight is 437 g/mol. The van der Waals surface area contributed by atoms with Gasteiger partial charge in [-0.1, -0.05) is 17.7 Å². The summed E-state index contributed by atoms with van der Waals surface area (Å²) in [4.78, 5) is 12.0. The predicted octanol–water partition coefficient (Wildman–Crippen LogP) is 5.36. The molecule has 0 spiro atoms. The Morgan fingerprint density at radius 3 is 2.59 bits per heavy atom. The minimum atomic E-state index is -4.47. The van der Waals surface area contributed by atoms with Gasteiger partial charge < -0.3 is 9.30 Å². The highest BCUT2D eigenvalue weighted by Gasteiger charge is 2.31. The molecule has 2 aromatic carbocycles. The molecule has 32 heavy (non-hydrogen) atoms. The predicted molar refractivity (Wildman–Crippen MR) is 112 cm³/mol. The topological polar surface area (TPSA) is 78.8 Å². The first-order chi connectivity index (χ1) is 15.2. The number of carbonyl (C=O) groups is 1. The normalized spacial score (nSPS) is 11.8. The molecule has 1 heterocycles. The molecule has 3 rings (SSSR count). The molecule has 0 bridgehead atoms. The van der Waals surface area contributed by atoms with Crippen LogP contribution in [0.2, 0.25) is 0 Å². The summed E-state index contributed by atoms with van der Waals surface area (Å²) in [6.45, 7) is 3.40. The Bertz CT molecular complexity index is 1300. The number of hydrogen-bond acceptors (Lipinski definition) is 4. The van der Waals surface area contributed by atoms with Crippen LogP contribution in [0, 0.1) is 29.6 Å². The zero-order chi connectivity index (χ0) is 23.5. The number of hydrogen-bond donors (Lipinski definition) is 0. The lowest BCUT2D eigenvalue weighted by atomic mass is 10.0. The van der Waals surface area contributed by atoms with Crippen molar-refractivity contribution in [2.75, 3.05) is 6.61 Å². The first kappa shape index (κ1) is 22.6. The molecule has 0 N–H and O–H groups in total. The minimum Gasteiger partial charge on any atom is -0.462 e. The lowest BCUT2D eigenvalue weighted by Gasteiger charge is -2.12. The first-order valence-electron chi connectivity index (χ1n) is 9.66. The summed E-state index contributed by atoms with van der Waals surface area (Å²) in [7, 11) is 0. The van der Waals surface area contributed by atoms with Crippen molar-refractivity contribution in [1.29, 1.82) is 10.5 Å². The summed E-state index contributed by atoms with van der Waals surface area (Å²) in [5.41, 5.74) is 1.24. The van der Waals surface area contributed by atoms with Crippen LogP contribution in [0.25, 0.3) is 17.0 Å². The number of benzene rings is 2. The van der Waals surface area contributed by atoms with Crippen molar-refractivity contribution in [2.45, 2.75) is 26.6 Å². The second kappa shape index (κ2) is 8.99. The molecule has 1 aromatic heterocycles. The summed E-state index contributed by atoms with van der Waals surface area (Å²) in [5.74, 6) is -0.793. The van der Waals surface area contributed by atoms with Gasteiger partial charge in [-0.25, -0.2) is 4.79 Å². The van der Waals surface area contributed by atoms with Crippen molar-refractivity contribution in [3.63, 3.8) is 0 Å². The van der Waals surface area contributed by atoms with Crippen LogP contribution in [0.5, 0.6) is 0 Å². The van der Waals surface area contributed by atoms with Crippen LogP contribution in [0.15, 0.2) is 48.2 Å². The van der Waals surface area contributed by atoms with Crippen molar-refractivity contribution in [1.82, 2.24) is 4.57 Å². The molecule has 0 unspecified atom stereocenters. The number of carbonyl (C=O) groups excluding carboxylic acids is 1. The van der Waals surface area contributed by atoms with E-state index >= 15 is 0 Å². The van der Waals surface area contributed by atoms with Crippen LogP contribution in [0.3, 0.4) is 0 Å². The second-order valence-corrected chi connectivity index (χ2v) is 7.12. The Balaban J connectivity index is 2.17. The third kappa shape index (κ3) is 4.65. The quantitative estimate of drug-likeness (QED) is 0.306. The number of alkyl halides is 3. The third-order valence-electron chi connectivity index (χ3n) is 4.79. The number of esters is 1. The number of aryl methyl sites for hydroxylation is 1. The summed E-state index contributed by atoms with van der Waals surface area (Å²) in [6, 6.07) is 12.7. The molecule has 0 atom stereocenters. The van der Waals surface area contributed by atoms with E-state index in [1.807, 2.05) is 0 Å². The van der Waals surface area contributed by atoms with E-state index in [9.17, 15) is 28.5 Å². The molecule has 3 aromatic rings. The van der Waals surface area contributed by atoms with E-state index < -0.39 is 17.7 Å². The third-order valence-corrected chi connectivity index (χ3v) is 4.79. The van der Waals surface area contributed by atoms with E-state index in [-0.39, 0.29) is 18.7 Å². The zero-order valence-corrected chi connectivity index (χ0v) is 17.3. The Morgan fingerprint density at radius 2 is 1.97 bits per heavy atom. The Kier molecular flexibility index (Phi) is 6.36. The van der Waals surface area contributed by atoms with E-state index in [1.165, 1.54) is 6.08 Å². The lowest BCUT2D eigenvalue weighted by molar-refractivity contribution is -0.138. The summed E-state index contributed by atoms with van der Waals surface area (Å²) < 4.78 is 46.3. The molecular formula is C24H18F3N3O2. The van der Waals surface area contributed by atoms with Gasteiger partial charge in [-0.2, -0.15) is 23.7 Å². The first-order valence-corrected chi connectivity index (χ1v) is 9.66. The molecule has 0 saturated heterocycles. The van der Waals surface area contributed by atoms with Gasteiger partial charge in [0.05, 0.1) is 29.3 Å². The SMILES string of the molecule is CCOC(=O)/C(C#N)=C/c1cn(Cc2cc(C)cc(C(F)(F)F)c2)c2cccc(C#N)c12. The van der Waals surface area contributed by atoms with Gasteiger partial charge in [0.15, 0.2) is 0 Å². The van der Waals surface area contributed by atoms with Crippen LogP contribution in [-0.2, 0) is 22.3 Å². The van der Waals surface area contributed by atoms with Gasteiger partial charge in [0.1, 0.15) is 11.6 Å². The van der Waals surface area contributed by atoms with Crippen molar-refractivity contribution < 1.29 is 22.7 Å². The van der Waals surface area contributed by atoms with Gasteiger partial charge >= 0.3 is 12.1 Å². The number of fused-ring (bicyclic) bond motifs is 1. The molecule has 5 nitrogen and oxygen atoms in total.